The standard InChI is InChI=1S/C20H27N5O3S/c1-4-28-15-9-5-13(6-10-15)18(26)22-17(12(2)3)19(27)21-11-16-23-24-20(29)25(16)14-7-8-14/h5-6,9-10,12,14,17H,4,7-8,11H2,1-3H3,(H,21,27)(H,22,26)(H,24,29). The number of benzene rings is 1. The van der Waals surface area contributed by atoms with E-state index in [9.17, 15) is 9.59 Å². The fourth-order valence-electron chi connectivity index (χ4n) is 3.08. The van der Waals surface area contributed by atoms with E-state index in [1.54, 1.807) is 24.3 Å². The number of carbonyl (C=O) groups excluding carboxylic acids is 2. The van der Waals surface area contributed by atoms with Gasteiger partial charge < -0.3 is 15.4 Å². The summed E-state index contributed by atoms with van der Waals surface area (Å²) in [6.45, 7) is 6.50. The minimum atomic E-state index is -0.662. The Morgan fingerprint density at radius 3 is 2.59 bits per heavy atom. The summed E-state index contributed by atoms with van der Waals surface area (Å²) < 4.78 is 7.92. The van der Waals surface area contributed by atoms with E-state index in [0.29, 0.717) is 34.6 Å². The SMILES string of the molecule is CCOc1ccc(C(=O)NC(C(=O)NCc2n[nH]c(=S)n2C2CC2)C(C)C)cc1. The lowest BCUT2D eigenvalue weighted by molar-refractivity contribution is -0.124. The number of ether oxygens (including phenoxy) is 1. The molecule has 0 bridgehead atoms. The molecule has 0 aliphatic heterocycles. The smallest absolute Gasteiger partial charge is 0.251 e. The van der Waals surface area contributed by atoms with E-state index in [1.807, 2.05) is 25.3 Å². The molecule has 1 heterocycles. The molecular weight excluding hydrogens is 390 g/mol. The highest BCUT2D eigenvalue weighted by molar-refractivity contribution is 7.71. The van der Waals surface area contributed by atoms with Crippen molar-refractivity contribution in [2.75, 3.05) is 6.61 Å². The summed E-state index contributed by atoms with van der Waals surface area (Å²) in [4.78, 5) is 25.3. The molecule has 1 aromatic carbocycles. The maximum atomic E-state index is 12.7. The fraction of sp³-hybridized carbons (Fsp3) is 0.500. The van der Waals surface area contributed by atoms with Crippen LogP contribution in [0.25, 0.3) is 0 Å². The van der Waals surface area contributed by atoms with E-state index in [2.05, 4.69) is 20.8 Å². The summed E-state index contributed by atoms with van der Waals surface area (Å²) >= 11 is 5.27. The topological polar surface area (TPSA) is 101 Å². The van der Waals surface area contributed by atoms with Gasteiger partial charge in [0.05, 0.1) is 13.2 Å². The average Bonchev–Trinajstić information content (AvgIpc) is 3.46. The molecule has 0 saturated heterocycles. The van der Waals surface area contributed by atoms with Crippen LogP contribution in [0.15, 0.2) is 24.3 Å². The van der Waals surface area contributed by atoms with Crippen LogP contribution in [0.3, 0.4) is 0 Å². The molecule has 3 N–H and O–H groups in total. The van der Waals surface area contributed by atoms with Crippen molar-refractivity contribution in [2.24, 2.45) is 5.92 Å². The predicted octanol–water partition coefficient (Wildman–Crippen LogP) is 2.75. The molecule has 3 rings (SSSR count). The Balaban J connectivity index is 1.62. The number of hydrogen-bond donors (Lipinski definition) is 3. The molecule has 29 heavy (non-hydrogen) atoms. The van der Waals surface area contributed by atoms with Crippen LogP contribution in [0.5, 0.6) is 5.75 Å². The third-order valence-corrected chi connectivity index (χ3v) is 5.06. The van der Waals surface area contributed by atoms with Crippen LogP contribution in [0.2, 0.25) is 0 Å². The molecule has 8 nitrogen and oxygen atoms in total. The Hall–Kier alpha value is -2.68. The van der Waals surface area contributed by atoms with Crippen molar-refractivity contribution in [1.82, 2.24) is 25.4 Å². The van der Waals surface area contributed by atoms with Crippen LogP contribution in [0.1, 0.15) is 55.8 Å². The maximum Gasteiger partial charge on any atom is 0.251 e. The zero-order chi connectivity index (χ0) is 21.0. The van der Waals surface area contributed by atoms with E-state index in [4.69, 9.17) is 17.0 Å². The molecule has 1 saturated carbocycles. The largest absolute Gasteiger partial charge is 0.494 e. The minimum absolute atomic E-state index is 0.0779. The van der Waals surface area contributed by atoms with Gasteiger partial charge in [-0.1, -0.05) is 13.8 Å². The number of aromatic amines is 1. The van der Waals surface area contributed by atoms with Gasteiger partial charge in [0, 0.05) is 11.6 Å². The van der Waals surface area contributed by atoms with Crippen LogP contribution in [0.4, 0.5) is 0 Å². The predicted molar refractivity (Wildman–Crippen MR) is 111 cm³/mol. The number of nitrogens with zero attached hydrogens (tertiary/aromatic N) is 2. The van der Waals surface area contributed by atoms with Crippen molar-refractivity contribution >= 4 is 24.0 Å². The number of nitrogens with one attached hydrogen (secondary N) is 3. The lowest BCUT2D eigenvalue weighted by atomic mass is 10.0. The second-order valence-corrected chi connectivity index (χ2v) is 7.80. The molecule has 1 atom stereocenters. The van der Waals surface area contributed by atoms with E-state index in [1.165, 1.54) is 0 Å². The van der Waals surface area contributed by atoms with E-state index in [0.717, 1.165) is 12.8 Å². The Labute approximate surface area is 175 Å². The number of amides is 2. The van der Waals surface area contributed by atoms with Crippen LogP contribution < -0.4 is 15.4 Å². The Morgan fingerprint density at radius 2 is 2.00 bits per heavy atom. The first kappa shape index (κ1) is 21.0. The van der Waals surface area contributed by atoms with Crippen molar-refractivity contribution in [3.05, 3.63) is 40.4 Å². The first-order valence-electron chi connectivity index (χ1n) is 9.88. The normalized spacial score (nSPS) is 14.5. The third-order valence-electron chi connectivity index (χ3n) is 4.77. The highest BCUT2D eigenvalue weighted by Gasteiger charge is 2.28. The molecule has 1 fully saturated rings. The zero-order valence-electron chi connectivity index (χ0n) is 16.9. The van der Waals surface area contributed by atoms with Crippen molar-refractivity contribution in [1.29, 1.82) is 0 Å². The van der Waals surface area contributed by atoms with E-state index >= 15 is 0 Å². The number of rotatable bonds is 9. The third kappa shape index (κ3) is 5.23. The molecule has 0 spiro atoms. The highest BCUT2D eigenvalue weighted by Crippen LogP contribution is 2.35. The Bertz CT molecular complexity index is 915. The van der Waals surface area contributed by atoms with Gasteiger partial charge in [-0.05, 0) is 62.2 Å². The van der Waals surface area contributed by atoms with E-state index in [-0.39, 0.29) is 24.3 Å². The number of carbonyl (C=O) groups is 2. The minimum Gasteiger partial charge on any atom is -0.494 e. The van der Waals surface area contributed by atoms with Crippen molar-refractivity contribution in [3.63, 3.8) is 0 Å². The maximum absolute atomic E-state index is 12.7. The molecule has 1 aromatic heterocycles. The quantitative estimate of drug-likeness (QED) is 0.545. The lowest BCUT2D eigenvalue weighted by Crippen LogP contribution is -2.49. The number of H-pyrrole nitrogens is 1. The molecule has 9 heteroatoms. The molecule has 156 valence electrons. The van der Waals surface area contributed by atoms with Crippen LogP contribution in [-0.2, 0) is 11.3 Å². The summed E-state index contributed by atoms with van der Waals surface area (Å²) in [6, 6.07) is 6.55. The van der Waals surface area contributed by atoms with Gasteiger partial charge in [0.15, 0.2) is 10.6 Å². The van der Waals surface area contributed by atoms with Crippen molar-refractivity contribution in [3.8, 4) is 5.75 Å². The molecule has 1 aliphatic carbocycles. The first-order valence-corrected chi connectivity index (χ1v) is 10.3. The van der Waals surface area contributed by atoms with Gasteiger partial charge in [-0.25, -0.2) is 0 Å². The summed E-state index contributed by atoms with van der Waals surface area (Å²) in [5.74, 6) is 0.765. The molecule has 2 aromatic rings. The van der Waals surface area contributed by atoms with Gasteiger partial charge >= 0.3 is 0 Å². The van der Waals surface area contributed by atoms with Gasteiger partial charge in [-0.2, -0.15) is 5.10 Å². The first-order chi connectivity index (χ1) is 13.9. The van der Waals surface area contributed by atoms with Crippen LogP contribution >= 0.6 is 12.2 Å². The van der Waals surface area contributed by atoms with Gasteiger partial charge in [-0.15, -0.1) is 0 Å². The Morgan fingerprint density at radius 1 is 1.31 bits per heavy atom. The van der Waals surface area contributed by atoms with Crippen LogP contribution in [0, 0.1) is 10.7 Å². The fourth-order valence-corrected chi connectivity index (χ4v) is 3.38. The van der Waals surface area contributed by atoms with Crippen LogP contribution in [-0.4, -0.2) is 39.2 Å². The monoisotopic (exact) mass is 417 g/mol. The summed E-state index contributed by atoms with van der Waals surface area (Å²) in [5.41, 5.74) is 0.474. The number of aromatic nitrogens is 3. The summed E-state index contributed by atoms with van der Waals surface area (Å²) in [6.07, 6.45) is 2.14. The van der Waals surface area contributed by atoms with Gasteiger partial charge in [0.25, 0.3) is 5.91 Å². The van der Waals surface area contributed by atoms with E-state index < -0.39 is 6.04 Å². The van der Waals surface area contributed by atoms with Crippen molar-refractivity contribution in [2.45, 2.75) is 52.2 Å². The Kier molecular flexibility index (Phi) is 6.68. The zero-order valence-corrected chi connectivity index (χ0v) is 17.7. The highest BCUT2D eigenvalue weighted by atomic mass is 32.1. The molecule has 0 radical (unpaired) electrons. The van der Waals surface area contributed by atoms with Gasteiger partial charge in [0.1, 0.15) is 11.8 Å². The molecule has 1 unspecified atom stereocenters. The molecule has 1 aliphatic rings. The second-order valence-electron chi connectivity index (χ2n) is 7.42. The summed E-state index contributed by atoms with van der Waals surface area (Å²) in [7, 11) is 0. The lowest BCUT2D eigenvalue weighted by Gasteiger charge is -2.22. The average molecular weight is 418 g/mol. The molecular formula is C20H27N5O3S. The summed E-state index contributed by atoms with van der Waals surface area (Å²) in [5, 5.41) is 12.7. The van der Waals surface area contributed by atoms with Crippen molar-refractivity contribution < 1.29 is 14.3 Å². The van der Waals surface area contributed by atoms with Gasteiger partial charge in [0.2, 0.25) is 5.91 Å². The molecule has 2 amide bonds. The second kappa shape index (κ2) is 9.21. The number of hydrogen-bond acceptors (Lipinski definition) is 5. The van der Waals surface area contributed by atoms with Gasteiger partial charge in [-0.3, -0.25) is 19.3 Å².